The van der Waals surface area contributed by atoms with E-state index in [0.717, 1.165) is 19.4 Å². The van der Waals surface area contributed by atoms with E-state index in [1.54, 1.807) is 4.31 Å². The van der Waals surface area contributed by atoms with E-state index in [2.05, 4.69) is 0 Å². The maximum atomic E-state index is 11.1. The first-order valence-corrected chi connectivity index (χ1v) is 5.25. The molecule has 1 rings (SSSR count). The molecule has 60 valence electrons. The molecule has 0 aromatic rings. The van der Waals surface area contributed by atoms with Crippen LogP contribution in [0.1, 0.15) is 19.8 Å². The van der Waals surface area contributed by atoms with E-state index in [9.17, 15) is 8.42 Å². The maximum Gasteiger partial charge on any atom is 0.214 e. The first-order chi connectivity index (χ1) is 4.67. The molecular formula is C6H13NO2S. The van der Waals surface area contributed by atoms with Gasteiger partial charge in [0.25, 0.3) is 0 Å². The van der Waals surface area contributed by atoms with Crippen LogP contribution >= 0.6 is 0 Å². The Morgan fingerprint density at radius 1 is 1.40 bits per heavy atom. The van der Waals surface area contributed by atoms with Crippen LogP contribution in [0.2, 0.25) is 0 Å². The zero-order valence-corrected chi connectivity index (χ0v) is 7.02. The molecule has 0 spiro atoms. The van der Waals surface area contributed by atoms with Crippen LogP contribution in [0, 0.1) is 0 Å². The zero-order valence-electron chi connectivity index (χ0n) is 6.21. The number of sulfonamides is 1. The monoisotopic (exact) mass is 163 g/mol. The van der Waals surface area contributed by atoms with E-state index in [4.69, 9.17) is 0 Å². The smallest absolute Gasteiger partial charge is 0.212 e. The molecule has 0 radical (unpaired) electrons. The minimum absolute atomic E-state index is 0.348. The second-order valence-electron chi connectivity index (χ2n) is 2.51. The summed E-state index contributed by atoms with van der Waals surface area (Å²) in [5, 5.41) is 0. The summed E-state index contributed by atoms with van der Waals surface area (Å²) in [7, 11) is -2.84. The Labute approximate surface area is 62.1 Å². The molecule has 1 fully saturated rings. The summed E-state index contributed by atoms with van der Waals surface area (Å²) >= 11 is 0. The predicted octanol–water partition coefficient (Wildman–Crippen LogP) is 0.432. The van der Waals surface area contributed by atoms with Crippen molar-refractivity contribution in [2.24, 2.45) is 0 Å². The highest BCUT2D eigenvalue weighted by Gasteiger charge is 2.23. The second-order valence-corrected chi connectivity index (χ2v) is 4.60. The minimum atomic E-state index is -2.84. The van der Waals surface area contributed by atoms with Crippen molar-refractivity contribution in [2.75, 3.05) is 18.8 Å². The van der Waals surface area contributed by atoms with Crippen molar-refractivity contribution in [1.29, 1.82) is 0 Å². The summed E-state index contributed by atoms with van der Waals surface area (Å²) in [6.07, 6.45) is 1.85. The summed E-state index contributed by atoms with van der Waals surface area (Å²) < 4.78 is 23.8. The average molecular weight is 163 g/mol. The molecule has 0 N–H and O–H groups in total. The topological polar surface area (TPSA) is 37.4 Å². The van der Waals surface area contributed by atoms with Crippen molar-refractivity contribution >= 4 is 10.0 Å². The lowest BCUT2D eigenvalue weighted by atomic mass is 10.3. The number of hydrogen-bond donors (Lipinski definition) is 0. The molecule has 0 amide bonds. The van der Waals surface area contributed by atoms with E-state index in [1.165, 1.54) is 0 Å². The van der Waals surface area contributed by atoms with Crippen molar-refractivity contribution in [3.63, 3.8) is 0 Å². The second kappa shape index (κ2) is 2.88. The van der Waals surface area contributed by atoms with Gasteiger partial charge in [0.15, 0.2) is 0 Å². The Bertz CT molecular complexity index is 198. The average Bonchev–Trinajstić information content (AvgIpc) is 1.87. The fraction of sp³-hybridized carbons (Fsp3) is 1.00. The Kier molecular flexibility index (Phi) is 2.31. The lowest BCUT2D eigenvalue weighted by Gasteiger charge is -2.24. The third kappa shape index (κ3) is 1.49. The van der Waals surface area contributed by atoms with Crippen molar-refractivity contribution < 1.29 is 8.42 Å². The van der Waals surface area contributed by atoms with Gasteiger partial charge >= 0.3 is 0 Å². The van der Waals surface area contributed by atoms with Gasteiger partial charge in [-0.05, 0) is 12.8 Å². The van der Waals surface area contributed by atoms with Crippen molar-refractivity contribution in [1.82, 2.24) is 4.31 Å². The van der Waals surface area contributed by atoms with Gasteiger partial charge in [-0.1, -0.05) is 6.92 Å². The van der Waals surface area contributed by atoms with Gasteiger partial charge in [-0.25, -0.2) is 12.7 Å². The Morgan fingerprint density at radius 3 is 2.50 bits per heavy atom. The van der Waals surface area contributed by atoms with Gasteiger partial charge in [-0.2, -0.15) is 0 Å². The molecule has 0 aromatic heterocycles. The van der Waals surface area contributed by atoms with Gasteiger partial charge in [0.05, 0.1) is 5.75 Å². The van der Waals surface area contributed by atoms with E-state index < -0.39 is 10.0 Å². The Balaban J connectivity index is 2.70. The van der Waals surface area contributed by atoms with Crippen LogP contribution in [-0.2, 0) is 10.0 Å². The summed E-state index contributed by atoms with van der Waals surface area (Å²) in [5.41, 5.74) is 0. The van der Waals surface area contributed by atoms with Crippen LogP contribution in [0.4, 0.5) is 0 Å². The molecule has 0 aliphatic carbocycles. The van der Waals surface area contributed by atoms with E-state index in [0.29, 0.717) is 12.3 Å². The van der Waals surface area contributed by atoms with Gasteiger partial charge in [0, 0.05) is 13.1 Å². The van der Waals surface area contributed by atoms with Crippen LogP contribution in [0.15, 0.2) is 0 Å². The lowest BCUT2D eigenvalue weighted by molar-refractivity contribution is 0.398. The molecule has 10 heavy (non-hydrogen) atoms. The molecule has 1 saturated heterocycles. The third-order valence-electron chi connectivity index (χ3n) is 1.81. The summed E-state index contributed by atoms with van der Waals surface area (Å²) in [5.74, 6) is 0.348. The molecule has 0 saturated carbocycles. The number of nitrogens with zero attached hydrogens (tertiary/aromatic N) is 1. The standard InChI is InChI=1S/C6H13NO2S/c1-2-7-5-3-4-6-10(7,8)9/h2-6H2,1H3. The van der Waals surface area contributed by atoms with E-state index in [1.807, 2.05) is 6.92 Å². The highest BCUT2D eigenvalue weighted by molar-refractivity contribution is 7.89. The summed E-state index contributed by atoms with van der Waals surface area (Å²) in [6, 6.07) is 0. The SMILES string of the molecule is CCN1CCCCS1(=O)=O. The van der Waals surface area contributed by atoms with Crippen molar-refractivity contribution in [3.8, 4) is 0 Å². The van der Waals surface area contributed by atoms with Crippen molar-refractivity contribution in [3.05, 3.63) is 0 Å². The minimum Gasteiger partial charge on any atom is -0.212 e. The van der Waals surface area contributed by atoms with Gasteiger partial charge in [-0.3, -0.25) is 0 Å². The molecule has 0 atom stereocenters. The van der Waals surface area contributed by atoms with Crippen LogP contribution in [0.5, 0.6) is 0 Å². The molecule has 0 bridgehead atoms. The molecule has 1 aliphatic rings. The largest absolute Gasteiger partial charge is 0.214 e. The Morgan fingerprint density at radius 2 is 2.10 bits per heavy atom. The molecule has 0 aromatic carbocycles. The molecule has 1 aliphatic heterocycles. The van der Waals surface area contributed by atoms with Crippen molar-refractivity contribution in [2.45, 2.75) is 19.8 Å². The number of hydrogen-bond acceptors (Lipinski definition) is 2. The molecule has 0 unspecified atom stereocenters. The van der Waals surface area contributed by atoms with Crippen LogP contribution in [0.3, 0.4) is 0 Å². The fourth-order valence-electron chi connectivity index (χ4n) is 1.20. The summed E-state index contributed by atoms with van der Waals surface area (Å²) in [4.78, 5) is 0. The molecule has 1 heterocycles. The van der Waals surface area contributed by atoms with Gasteiger partial charge in [0.2, 0.25) is 10.0 Å². The lowest BCUT2D eigenvalue weighted by Crippen LogP contribution is -2.37. The summed E-state index contributed by atoms with van der Waals surface area (Å²) in [6.45, 7) is 3.23. The normalized spacial score (nSPS) is 26.5. The first kappa shape index (κ1) is 8.01. The number of rotatable bonds is 1. The van der Waals surface area contributed by atoms with E-state index in [-0.39, 0.29) is 0 Å². The van der Waals surface area contributed by atoms with E-state index >= 15 is 0 Å². The Hall–Kier alpha value is -0.0900. The van der Waals surface area contributed by atoms with Gasteiger partial charge < -0.3 is 0 Å². The van der Waals surface area contributed by atoms with Crippen LogP contribution in [-0.4, -0.2) is 31.6 Å². The third-order valence-corrected chi connectivity index (χ3v) is 3.84. The molecular weight excluding hydrogens is 150 g/mol. The van der Waals surface area contributed by atoms with Gasteiger partial charge in [-0.15, -0.1) is 0 Å². The fourth-order valence-corrected chi connectivity index (χ4v) is 2.82. The maximum absolute atomic E-state index is 11.1. The van der Waals surface area contributed by atoms with Crippen LogP contribution < -0.4 is 0 Å². The quantitative estimate of drug-likeness (QED) is 0.562. The highest BCUT2D eigenvalue weighted by Crippen LogP contribution is 2.11. The zero-order chi connectivity index (χ0) is 7.61. The molecule has 4 heteroatoms. The van der Waals surface area contributed by atoms with Gasteiger partial charge in [0.1, 0.15) is 0 Å². The highest BCUT2D eigenvalue weighted by atomic mass is 32.2. The first-order valence-electron chi connectivity index (χ1n) is 3.64. The van der Waals surface area contributed by atoms with Crippen LogP contribution in [0.25, 0.3) is 0 Å². The predicted molar refractivity (Wildman–Crippen MR) is 40.3 cm³/mol. The molecule has 3 nitrogen and oxygen atoms in total.